The van der Waals surface area contributed by atoms with E-state index in [-0.39, 0.29) is 18.4 Å². The number of aliphatic carboxylic acids is 1. The SMILES string of the molecule is CCC(N)CC(=O)NC(C(=O)O)c1cnn(C)c1. The number of amides is 1. The molecule has 0 radical (unpaired) electrons. The van der Waals surface area contributed by atoms with Crippen LogP contribution in [-0.2, 0) is 16.6 Å². The Bertz CT molecular complexity index is 430. The minimum Gasteiger partial charge on any atom is -0.479 e. The molecule has 4 N–H and O–H groups in total. The maximum atomic E-state index is 11.6. The van der Waals surface area contributed by atoms with Crippen molar-refractivity contribution in [1.29, 1.82) is 0 Å². The third-order valence-corrected chi connectivity index (χ3v) is 2.58. The molecule has 7 heteroatoms. The van der Waals surface area contributed by atoms with Gasteiger partial charge in [-0.05, 0) is 6.42 Å². The number of nitrogens with zero attached hydrogens (tertiary/aromatic N) is 2. The molecule has 1 heterocycles. The van der Waals surface area contributed by atoms with E-state index < -0.39 is 12.0 Å². The summed E-state index contributed by atoms with van der Waals surface area (Å²) in [6.07, 6.45) is 3.75. The van der Waals surface area contributed by atoms with E-state index in [4.69, 9.17) is 10.8 Å². The highest BCUT2D eigenvalue weighted by molar-refractivity contribution is 5.84. The van der Waals surface area contributed by atoms with Crippen LogP contribution in [0.3, 0.4) is 0 Å². The van der Waals surface area contributed by atoms with Crippen LogP contribution in [0.2, 0.25) is 0 Å². The first-order valence-electron chi connectivity index (χ1n) is 5.70. The molecule has 1 rings (SSSR count). The van der Waals surface area contributed by atoms with Gasteiger partial charge in [-0.15, -0.1) is 0 Å². The standard InChI is InChI=1S/C11H18N4O3/c1-3-8(12)4-9(16)14-10(11(17)18)7-5-13-15(2)6-7/h5-6,8,10H,3-4,12H2,1-2H3,(H,14,16)(H,17,18). The van der Waals surface area contributed by atoms with Crippen molar-refractivity contribution < 1.29 is 14.7 Å². The summed E-state index contributed by atoms with van der Waals surface area (Å²) in [5.74, 6) is -1.50. The van der Waals surface area contributed by atoms with Gasteiger partial charge >= 0.3 is 5.97 Å². The van der Waals surface area contributed by atoms with E-state index in [0.717, 1.165) is 0 Å². The molecule has 0 saturated heterocycles. The number of nitrogens with one attached hydrogen (secondary N) is 1. The normalized spacial score (nSPS) is 13.9. The second kappa shape index (κ2) is 6.15. The number of nitrogens with two attached hydrogens (primary N) is 1. The summed E-state index contributed by atoms with van der Waals surface area (Å²) in [6.45, 7) is 1.87. The molecule has 1 aromatic rings. The average molecular weight is 254 g/mol. The monoisotopic (exact) mass is 254 g/mol. The second-order valence-corrected chi connectivity index (χ2v) is 4.16. The van der Waals surface area contributed by atoms with E-state index in [2.05, 4.69) is 10.4 Å². The third-order valence-electron chi connectivity index (χ3n) is 2.58. The highest BCUT2D eigenvalue weighted by atomic mass is 16.4. The van der Waals surface area contributed by atoms with Crippen LogP contribution >= 0.6 is 0 Å². The van der Waals surface area contributed by atoms with Crippen molar-refractivity contribution in [3.05, 3.63) is 18.0 Å². The fraction of sp³-hybridized carbons (Fsp3) is 0.545. The van der Waals surface area contributed by atoms with Crippen LogP contribution < -0.4 is 11.1 Å². The van der Waals surface area contributed by atoms with E-state index in [1.54, 1.807) is 13.2 Å². The van der Waals surface area contributed by atoms with Gasteiger partial charge in [0.25, 0.3) is 0 Å². The minimum atomic E-state index is -1.12. The number of carboxylic acid groups (broad SMARTS) is 1. The van der Waals surface area contributed by atoms with Crippen LogP contribution in [0, 0.1) is 0 Å². The topological polar surface area (TPSA) is 110 Å². The van der Waals surface area contributed by atoms with Gasteiger partial charge in [0.1, 0.15) is 0 Å². The van der Waals surface area contributed by atoms with Gasteiger partial charge < -0.3 is 16.2 Å². The van der Waals surface area contributed by atoms with Gasteiger partial charge in [0, 0.05) is 31.3 Å². The number of rotatable bonds is 6. The predicted octanol–water partition coefficient (Wildman–Crippen LogP) is -0.211. The van der Waals surface area contributed by atoms with Crippen LogP contribution in [0.25, 0.3) is 0 Å². The first kappa shape index (κ1) is 14.2. The Labute approximate surface area is 105 Å². The summed E-state index contributed by atoms with van der Waals surface area (Å²) < 4.78 is 1.48. The van der Waals surface area contributed by atoms with Gasteiger partial charge in [0.05, 0.1) is 6.20 Å². The molecule has 100 valence electrons. The highest BCUT2D eigenvalue weighted by Gasteiger charge is 2.23. The fourth-order valence-corrected chi connectivity index (χ4v) is 1.48. The summed E-state index contributed by atoms with van der Waals surface area (Å²) in [7, 11) is 1.68. The van der Waals surface area contributed by atoms with Crippen LogP contribution in [0.5, 0.6) is 0 Å². The van der Waals surface area contributed by atoms with Gasteiger partial charge in [-0.1, -0.05) is 6.92 Å². The molecular formula is C11H18N4O3. The quantitative estimate of drug-likeness (QED) is 0.650. The van der Waals surface area contributed by atoms with Crippen LogP contribution in [0.15, 0.2) is 12.4 Å². The van der Waals surface area contributed by atoms with Gasteiger partial charge in [-0.25, -0.2) is 4.79 Å². The zero-order chi connectivity index (χ0) is 13.7. The van der Waals surface area contributed by atoms with Crippen molar-refractivity contribution in [2.45, 2.75) is 31.8 Å². The lowest BCUT2D eigenvalue weighted by atomic mass is 10.1. The molecule has 18 heavy (non-hydrogen) atoms. The van der Waals surface area contributed by atoms with Gasteiger partial charge in [0.2, 0.25) is 5.91 Å². The maximum absolute atomic E-state index is 11.6. The summed E-state index contributed by atoms with van der Waals surface area (Å²) in [6, 6.07) is -1.34. The lowest BCUT2D eigenvalue weighted by Gasteiger charge is -2.14. The van der Waals surface area contributed by atoms with E-state index in [1.165, 1.54) is 10.9 Å². The summed E-state index contributed by atoms with van der Waals surface area (Å²) in [4.78, 5) is 22.7. The molecule has 1 amide bonds. The molecule has 2 atom stereocenters. The van der Waals surface area contributed by atoms with Crippen molar-refractivity contribution in [2.24, 2.45) is 12.8 Å². The Balaban J connectivity index is 2.70. The van der Waals surface area contributed by atoms with E-state index >= 15 is 0 Å². The molecule has 0 aliphatic rings. The smallest absolute Gasteiger partial charge is 0.331 e. The van der Waals surface area contributed by atoms with Crippen LogP contribution in [-0.4, -0.2) is 32.8 Å². The van der Waals surface area contributed by atoms with E-state index in [9.17, 15) is 9.59 Å². The van der Waals surface area contributed by atoms with Gasteiger partial charge in [0.15, 0.2) is 6.04 Å². The number of carboxylic acids is 1. The third kappa shape index (κ3) is 3.85. The highest BCUT2D eigenvalue weighted by Crippen LogP contribution is 2.12. The van der Waals surface area contributed by atoms with Crippen LogP contribution in [0.4, 0.5) is 0 Å². The molecule has 0 bridgehead atoms. The number of hydrogen-bond donors (Lipinski definition) is 3. The summed E-state index contributed by atoms with van der Waals surface area (Å²) in [5.41, 5.74) is 6.08. The molecule has 0 fully saturated rings. The number of aryl methyl sites for hydroxylation is 1. The first-order valence-corrected chi connectivity index (χ1v) is 5.70. The number of carbonyl (C=O) groups excluding carboxylic acids is 1. The van der Waals surface area contributed by atoms with Crippen molar-refractivity contribution in [3.8, 4) is 0 Å². The molecule has 7 nitrogen and oxygen atoms in total. The number of hydrogen-bond acceptors (Lipinski definition) is 4. The molecule has 0 aromatic carbocycles. The Hall–Kier alpha value is -1.89. The van der Waals surface area contributed by atoms with Crippen molar-refractivity contribution in [3.63, 3.8) is 0 Å². The van der Waals surface area contributed by atoms with Crippen molar-refractivity contribution >= 4 is 11.9 Å². The lowest BCUT2D eigenvalue weighted by molar-refractivity contribution is -0.142. The van der Waals surface area contributed by atoms with Gasteiger partial charge in [-0.3, -0.25) is 9.48 Å². The van der Waals surface area contributed by atoms with Crippen LogP contribution in [0.1, 0.15) is 31.4 Å². The Morgan fingerprint density at radius 2 is 2.28 bits per heavy atom. The number of aromatic nitrogens is 2. The van der Waals surface area contributed by atoms with Crippen molar-refractivity contribution in [2.75, 3.05) is 0 Å². The molecule has 1 aromatic heterocycles. The fourth-order valence-electron chi connectivity index (χ4n) is 1.48. The minimum absolute atomic E-state index is 0.112. The molecular weight excluding hydrogens is 236 g/mol. The zero-order valence-corrected chi connectivity index (χ0v) is 10.5. The largest absolute Gasteiger partial charge is 0.479 e. The van der Waals surface area contributed by atoms with E-state index in [0.29, 0.717) is 12.0 Å². The Kier molecular flexibility index (Phi) is 4.85. The summed E-state index contributed by atoms with van der Waals surface area (Å²) >= 11 is 0. The maximum Gasteiger partial charge on any atom is 0.331 e. The zero-order valence-electron chi connectivity index (χ0n) is 10.5. The first-order chi connectivity index (χ1) is 8.43. The molecule has 2 unspecified atom stereocenters. The Morgan fingerprint density at radius 3 is 2.72 bits per heavy atom. The van der Waals surface area contributed by atoms with Gasteiger partial charge in [-0.2, -0.15) is 5.10 Å². The Morgan fingerprint density at radius 1 is 1.61 bits per heavy atom. The summed E-state index contributed by atoms with van der Waals surface area (Å²) in [5, 5.41) is 15.4. The molecule has 0 spiro atoms. The molecule has 0 saturated carbocycles. The van der Waals surface area contributed by atoms with Crippen molar-refractivity contribution in [1.82, 2.24) is 15.1 Å². The predicted molar refractivity (Wildman–Crippen MR) is 64.6 cm³/mol. The average Bonchev–Trinajstić information content (AvgIpc) is 2.71. The molecule has 0 aliphatic heterocycles. The molecule has 0 aliphatic carbocycles. The number of carbonyl (C=O) groups is 2. The second-order valence-electron chi connectivity index (χ2n) is 4.16. The lowest BCUT2D eigenvalue weighted by Crippen LogP contribution is -2.37. The van der Waals surface area contributed by atoms with E-state index in [1.807, 2.05) is 6.92 Å².